The number of carbonyl (C=O) groups excluding carboxylic acids is 1. The Kier molecular flexibility index (Phi) is 4.59. The molecule has 0 bridgehead atoms. The molecule has 0 saturated heterocycles. The zero-order valence-electron chi connectivity index (χ0n) is 11.7. The van der Waals surface area contributed by atoms with Crippen LogP contribution in [0, 0.1) is 0 Å². The third-order valence-electron chi connectivity index (χ3n) is 4.03. The van der Waals surface area contributed by atoms with Crippen LogP contribution in [0.2, 0.25) is 0 Å². The molecule has 2 rings (SSSR count). The molecule has 1 amide bonds. The van der Waals surface area contributed by atoms with Crippen LogP contribution >= 0.6 is 0 Å². The first-order chi connectivity index (χ1) is 9.13. The van der Waals surface area contributed by atoms with Crippen molar-refractivity contribution < 1.29 is 4.79 Å². The van der Waals surface area contributed by atoms with Gasteiger partial charge in [-0.3, -0.25) is 4.79 Å². The summed E-state index contributed by atoms with van der Waals surface area (Å²) in [5, 5.41) is 3.02. The molecule has 0 spiro atoms. The van der Waals surface area contributed by atoms with E-state index in [-0.39, 0.29) is 11.4 Å². The minimum atomic E-state index is -0.288. The number of anilines is 1. The van der Waals surface area contributed by atoms with Crippen molar-refractivity contribution in [2.45, 2.75) is 57.4 Å². The second kappa shape index (κ2) is 6.20. The van der Waals surface area contributed by atoms with Crippen molar-refractivity contribution in [2.24, 2.45) is 5.73 Å². The van der Waals surface area contributed by atoms with Gasteiger partial charge in [0.1, 0.15) is 0 Å². The monoisotopic (exact) mass is 260 g/mol. The highest BCUT2D eigenvalue weighted by molar-refractivity contribution is 5.92. The van der Waals surface area contributed by atoms with E-state index in [1.54, 1.807) is 0 Å². The summed E-state index contributed by atoms with van der Waals surface area (Å²) in [5.41, 5.74) is 8.13. The topological polar surface area (TPSA) is 55.1 Å². The number of hydrogen-bond acceptors (Lipinski definition) is 2. The maximum Gasteiger partial charge on any atom is 0.226 e. The molecule has 0 aliphatic heterocycles. The second-order valence-electron chi connectivity index (χ2n) is 5.66. The van der Waals surface area contributed by atoms with E-state index in [0.717, 1.165) is 37.8 Å². The van der Waals surface area contributed by atoms with Gasteiger partial charge >= 0.3 is 0 Å². The highest BCUT2D eigenvalue weighted by Gasteiger charge is 2.30. The number of hydrogen-bond donors (Lipinski definition) is 2. The maximum absolute atomic E-state index is 12.2. The summed E-state index contributed by atoms with van der Waals surface area (Å²) in [6.07, 6.45) is 6.84. The van der Waals surface area contributed by atoms with Crippen LogP contribution in [-0.4, -0.2) is 11.4 Å². The largest absolute Gasteiger partial charge is 0.326 e. The zero-order chi connectivity index (χ0) is 13.7. The van der Waals surface area contributed by atoms with Crippen molar-refractivity contribution in [3.8, 4) is 0 Å². The van der Waals surface area contributed by atoms with E-state index < -0.39 is 0 Å². The molecule has 3 nitrogen and oxygen atoms in total. The third kappa shape index (κ3) is 3.80. The van der Waals surface area contributed by atoms with Crippen LogP contribution in [-0.2, 0) is 11.2 Å². The lowest BCUT2D eigenvalue weighted by Crippen LogP contribution is -2.44. The molecule has 1 fully saturated rings. The molecular weight excluding hydrogens is 236 g/mol. The molecule has 3 N–H and O–H groups in total. The van der Waals surface area contributed by atoms with Crippen molar-refractivity contribution in [3.63, 3.8) is 0 Å². The molecule has 0 aromatic heterocycles. The molecule has 0 atom stereocenters. The van der Waals surface area contributed by atoms with E-state index in [1.807, 2.05) is 18.2 Å². The Labute approximate surface area is 115 Å². The highest BCUT2D eigenvalue weighted by Crippen LogP contribution is 2.29. The fraction of sp³-hybridized carbons (Fsp3) is 0.562. The van der Waals surface area contributed by atoms with Crippen LogP contribution in [0.4, 0.5) is 5.69 Å². The van der Waals surface area contributed by atoms with Gasteiger partial charge in [0.25, 0.3) is 0 Å². The molecule has 1 aromatic carbocycles. The lowest BCUT2D eigenvalue weighted by Gasteiger charge is -2.32. The number of benzene rings is 1. The summed E-state index contributed by atoms with van der Waals surface area (Å²) in [4.78, 5) is 12.2. The van der Waals surface area contributed by atoms with Crippen molar-refractivity contribution in [1.82, 2.24) is 0 Å². The Morgan fingerprint density at radius 3 is 2.63 bits per heavy atom. The van der Waals surface area contributed by atoms with Crippen LogP contribution < -0.4 is 11.1 Å². The minimum Gasteiger partial charge on any atom is -0.326 e. The summed E-state index contributed by atoms with van der Waals surface area (Å²) >= 11 is 0. The van der Waals surface area contributed by atoms with E-state index in [2.05, 4.69) is 18.3 Å². The Bertz CT molecular complexity index is 436. The Balaban J connectivity index is 1.97. The van der Waals surface area contributed by atoms with Gasteiger partial charge in [-0.1, -0.05) is 44.4 Å². The first-order valence-electron chi connectivity index (χ1n) is 7.30. The summed E-state index contributed by atoms with van der Waals surface area (Å²) in [5.74, 6) is 0.0466. The minimum absolute atomic E-state index is 0.0466. The van der Waals surface area contributed by atoms with Crippen molar-refractivity contribution in [1.29, 1.82) is 0 Å². The van der Waals surface area contributed by atoms with Gasteiger partial charge in [0.15, 0.2) is 0 Å². The lowest BCUT2D eigenvalue weighted by molar-refractivity contribution is -0.117. The molecule has 3 heteroatoms. The van der Waals surface area contributed by atoms with Crippen LogP contribution in [0.15, 0.2) is 24.3 Å². The number of aryl methyl sites for hydroxylation is 1. The van der Waals surface area contributed by atoms with Crippen molar-refractivity contribution in [3.05, 3.63) is 29.8 Å². The fourth-order valence-corrected chi connectivity index (χ4v) is 2.90. The molecule has 19 heavy (non-hydrogen) atoms. The first-order valence-corrected chi connectivity index (χ1v) is 7.30. The molecular formula is C16H24N2O. The predicted octanol–water partition coefficient (Wildman–Crippen LogP) is 3.24. The van der Waals surface area contributed by atoms with Gasteiger partial charge in [-0.05, 0) is 30.9 Å². The molecule has 1 aromatic rings. The van der Waals surface area contributed by atoms with E-state index in [4.69, 9.17) is 5.73 Å². The van der Waals surface area contributed by atoms with Crippen LogP contribution in [0.1, 0.15) is 51.0 Å². The smallest absolute Gasteiger partial charge is 0.226 e. The SMILES string of the molecule is CCc1ccccc1NC(=O)CC1(N)CCCCC1. The van der Waals surface area contributed by atoms with E-state index >= 15 is 0 Å². The molecule has 0 heterocycles. The Morgan fingerprint density at radius 2 is 1.95 bits per heavy atom. The quantitative estimate of drug-likeness (QED) is 0.873. The van der Waals surface area contributed by atoms with Gasteiger partial charge in [-0.15, -0.1) is 0 Å². The lowest BCUT2D eigenvalue weighted by atomic mass is 9.80. The van der Waals surface area contributed by atoms with Gasteiger partial charge in [0, 0.05) is 17.6 Å². The molecule has 0 unspecified atom stereocenters. The van der Waals surface area contributed by atoms with Crippen LogP contribution in [0.25, 0.3) is 0 Å². The van der Waals surface area contributed by atoms with Crippen LogP contribution in [0.3, 0.4) is 0 Å². The fourth-order valence-electron chi connectivity index (χ4n) is 2.90. The van der Waals surface area contributed by atoms with Crippen molar-refractivity contribution >= 4 is 11.6 Å². The summed E-state index contributed by atoms with van der Waals surface area (Å²) in [7, 11) is 0. The molecule has 1 saturated carbocycles. The number of para-hydroxylation sites is 1. The van der Waals surface area contributed by atoms with Crippen LogP contribution in [0.5, 0.6) is 0 Å². The average Bonchev–Trinajstić information content (AvgIpc) is 2.39. The molecule has 104 valence electrons. The number of nitrogens with two attached hydrogens (primary N) is 1. The standard InChI is InChI=1S/C16H24N2O/c1-2-13-8-4-5-9-14(13)18-15(19)12-16(17)10-6-3-7-11-16/h4-5,8-9H,2-3,6-7,10-12,17H2,1H3,(H,18,19). The number of amides is 1. The van der Waals surface area contributed by atoms with E-state index in [0.29, 0.717) is 6.42 Å². The predicted molar refractivity (Wildman–Crippen MR) is 79.1 cm³/mol. The number of carbonyl (C=O) groups is 1. The Morgan fingerprint density at radius 1 is 1.26 bits per heavy atom. The zero-order valence-corrected chi connectivity index (χ0v) is 11.7. The summed E-state index contributed by atoms with van der Waals surface area (Å²) < 4.78 is 0. The van der Waals surface area contributed by atoms with E-state index in [9.17, 15) is 4.79 Å². The van der Waals surface area contributed by atoms with E-state index in [1.165, 1.54) is 12.0 Å². The number of nitrogens with one attached hydrogen (secondary N) is 1. The number of rotatable bonds is 4. The maximum atomic E-state index is 12.2. The highest BCUT2D eigenvalue weighted by atomic mass is 16.1. The van der Waals surface area contributed by atoms with Gasteiger partial charge in [0.2, 0.25) is 5.91 Å². The second-order valence-corrected chi connectivity index (χ2v) is 5.66. The van der Waals surface area contributed by atoms with Gasteiger partial charge in [-0.2, -0.15) is 0 Å². The average molecular weight is 260 g/mol. The third-order valence-corrected chi connectivity index (χ3v) is 4.03. The summed E-state index contributed by atoms with van der Waals surface area (Å²) in [6, 6.07) is 7.96. The normalized spacial score (nSPS) is 18.0. The van der Waals surface area contributed by atoms with Gasteiger partial charge in [-0.25, -0.2) is 0 Å². The Hall–Kier alpha value is -1.35. The summed E-state index contributed by atoms with van der Waals surface area (Å²) in [6.45, 7) is 2.09. The van der Waals surface area contributed by atoms with Gasteiger partial charge < -0.3 is 11.1 Å². The molecule has 0 radical (unpaired) electrons. The van der Waals surface area contributed by atoms with Gasteiger partial charge in [0.05, 0.1) is 0 Å². The molecule has 1 aliphatic rings. The molecule has 1 aliphatic carbocycles. The first kappa shape index (κ1) is 14.1. The van der Waals surface area contributed by atoms with Crippen molar-refractivity contribution in [2.75, 3.05) is 5.32 Å².